The predicted octanol–water partition coefficient (Wildman–Crippen LogP) is 13.7. The summed E-state index contributed by atoms with van der Waals surface area (Å²) in [6.45, 7) is 12.2. The van der Waals surface area contributed by atoms with Crippen molar-refractivity contribution in [3.05, 3.63) is 35.9 Å². The van der Waals surface area contributed by atoms with Crippen molar-refractivity contribution in [3.63, 3.8) is 0 Å². The van der Waals surface area contributed by atoms with Crippen molar-refractivity contribution in [1.29, 1.82) is 0 Å². The molecule has 0 aromatic heterocycles. The third kappa shape index (κ3) is 36.8. The molecule has 7 nitrogen and oxygen atoms in total. The molecule has 0 spiro atoms. The Morgan fingerprint density at radius 2 is 0.982 bits per heavy atom. The van der Waals surface area contributed by atoms with E-state index in [1.807, 2.05) is 6.07 Å². The topological polar surface area (TPSA) is 74.3 Å². The van der Waals surface area contributed by atoms with Gasteiger partial charge in [0, 0.05) is 19.6 Å². The third-order valence-corrected chi connectivity index (χ3v) is 11.1. The summed E-state index contributed by atoms with van der Waals surface area (Å²) in [7, 11) is 0. The van der Waals surface area contributed by atoms with E-state index in [0.717, 1.165) is 96.7 Å². The molecule has 0 heterocycles. The Labute approximate surface area is 352 Å². The molecular weight excluding hydrogens is 711 g/mol. The van der Waals surface area contributed by atoms with E-state index in [1.54, 1.807) is 0 Å². The molecule has 0 amide bonds. The minimum Gasteiger partial charge on any atom is -0.466 e. The van der Waals surface area contributed by atoms with Gasteiger partial charge in [-0.2, -0.15) is 0 Å². The van der Waals surface area contributed by atoms with Crippen molar-refractivity contribution in [3.8, 4) is 0 Å². The van der Waals surface area contributed by atoms with Gasteiger partial charge in [-0.25, -0.2) is 4.79 Å². The van der Waals surface area contributed by atoms with Crippen molar-refractivity contribution in [1.82, 2.24) is 4.90 Å². The molecule has 0 saturated heterocycles. The SMILES string of the molecule is CCCCCCCCCCCOC(=O)CCCCCN(CCCCCOCC(=O)OC(CCCCCCCC)CCCCCCCC)CCOCc1ccccc1. The highest BCUT2D eigenvalue weighted by Crippen LogP contribution is 2.17. The van der Waals surface area contributed by atoms with Gasteiger partial charge in [-0.15, -0.1) is 0 Å². The lowest BCUT2D eigenvalue weighted by Gasteiger charge is -2.22. The van der Waals surface area contributed by atoms with E-state index in [2.05, 4.69) is 49.9 Å². The number of nitrogens with zero attached hydrogens (tertiary/aromatic N) is 1. The van der Waals surface area contributed by atoms with Gasteiger partial charge in [-0.1, -0.05) is 173 Å². The summed E-state index contributed by atoms with van der Waals surface area (Å²) in [6, 6.07) is 10.3. The standard InChI is InChI=1S/C50H91NO6/c1-4-7-10-13-16-17-18-21-33-43-56-49(52)38-29-23-30-39-51(41-44-55-45-47-34-25-22-26-35-47)40-31-24-32-42-54-46-50(53)57-48(36-27-19-14-11-8-5-2)37-28-20-15-12-9-6-3/h22,25-26,34-35,48H,4-21,23-24,27-33,36-46H2,1-3H3. The van der Waals surface area contributed by atoms with Crippen LogP contribution in [0.3, 0.4) is 0 Å². The second-order valence-electron chi connectivity index (χ2n) is 16.6. The maximum atomic E-state index is 12.7. The number of hydrogen-bond donors (Lipinski definition) is 0. The predicted molar refractivity (Wildman–Crippen MR) is 240 cm³/mol. The van der Waals surface area contributed by atoms with Crippen LogP contribution in [0.2, 0.25) is 0 Å². The molecule has 1 rings (SSSR count). The molecule has 0 bridgehead atoms. The Balaban J connectivity index is 2.30. The van der Waals surface area contributed by atoms with Crippen LogP contribution in [0.1, 0.15) is 219 Å². The second-order valence-corrected chi connectivity index (χ2v) is 16.6. The van der Waals surface area contributed by atoms with Crippen molar-refractivity contribution in [2.75, 3.05) is 46.1 Å². The molecule has 0 saturated carbocycles. The molecule has 0 atom stereocenters. The highest BCUT2D eigenvalue weighted by atomic mass is 16.6. The fraction of sp³-hybridized carbons (Fsp3) is 0.840. The molecule has 0 N–H and O–H groups in total. The van der Waals surface area contributed by atoms with Crippen LogP contribution in [0.5, 0.6) is 0 Å². The van der Waals surface area contributed by atoms with Crippen LogP contribution in [0.4, 0.5) is 0 Å². The summed E-state index contributed by atoms with van der Waals surface area (Å²) in [4.78, 5) is 27.5. The smallest absolute Gasteiger partial charge is 0.332 e. The maximum Gasteiger partial charge on any atom is 0.332 e. The van der Waals surface area contributed by atoms with Gasteiger partial charge in [0.15, 0.2) is 0 Å². The van der Waals surface area contributed by atoms with E-state index < -0.39 is 0 Å². The Morgan fingerprint density at radius 3 is 1.56 bits per heavy atom. The first-order valence-electron chi connectivity index (χ1n) is 24.4. The number of unbranched alkanes of at least 4 members (excludes halogenated alkanes) is 22. The fourth-order valence-electron chi connectivity index (χ4n) is 7.40. The van der Waals surface area contributed by atoms with Crippen LogP contribution in [0.25, 0.3) is 0 Å². The van der Waals surface area contributed by atoms with E-state index >= 15 is 0 Å². The van der Waals surface area contributed by atoms with Crippen LogP contribution in [0.15, 0.2) is 30.3 Å². The van der Waals surface area contributed by atoms with Gasteiger partial charge < -0.3 is 23.8 Å². The number of esters is 2. The van der Waals surface area contributed by atoms with E-state index in [9.17, 15) is 9.59 Å². The number of ether oxygens (including phenoxy) is 4. The lowest BCUT2D eigenvalue weighted by atomic mass is 10.0. The van der Waals surface area contributed by atoms with Gasteiger partial charge in [0.1, 0.15) is 12.7 Å². The van der Waals surface area contributed by atoms with Crippen LogP contribution in [-0.2, 0) is 35.1 Å². The largest absolute Gasteiger partial charge is 0.466 e. The van der Waals surface area contributed by atoms with Crippen molar-refractivity contribution < 1.29 is 28.5 Å². The minimum absolute atomic E-state index is 0.0318. The Morgan fingerprint density at radius 1 is 0.491 bits per heavy atom. The first-order chi connectivity index (χ1) is 28.1. The molecule has 57 heavy (non-hydrogen) atoms. The molecule has 332 valence electrons. The van der Waals surface area contributed by atoms with Gasteiger partial charge >= 0.3 is 11.9 Å². The number of carbonyl (C=O) groups is 2. The molecule has 7 heteroatoms. The lowest BCUT2D eigenvalue weighted by Crippen LogP contribution is -2.30. The summed E-state index contributed by atoms with van der Waals surface area (Å²) in [5, 5.41) is 0. The zero-order valence-electron chi connectivity index (χ0n) is 37.7. The van der Waals surface area contributed by atoms with Crippen LogP contribution in [-0.4, -0.2) is 69.0 Å². The van der Waals surface area contributed by atoms with Crippen LogP contribution < -0.4 is 0 Å². The summed E-state index contributed by atoms with van der Waals surface area (Å²) < 4.78 is 23.3. The number of carbonyl (C=O) groups excluding carboxylic acids is 2. The summed E-state index contributed by atoms with van der Waals surface area (Å²) in [5.74, 6) is -0.247. The van der Waals surface area contributed by atoms with E-state index in [-0.39, 0.29) is 24.6 Å². The molecular formula is C50H91NO6. The van der Waals surface area contributed by atoms with Gasteiger partial charge in [0.05, 0.1) is 19.8 Å². The molecule has 0 fully saturated rings. The maximum absolute atomic E-state index is 12.7. The molecule has 0 radical (unpaired) electrons. The highest BCUT2D eigenvalue weighted by molar-refractivity contribution is 5.70. The van der Waals surface area contributed by atoms with E-state index in [4.69, 9.17) is 18.9 Å². The van der Waals surface area contributed by atoms with Gasteiger partial charge in [-0.3, -0.25) is 4.79 Å². The zero-order chi connectivity index (χ0) is 41.1. The first-order valence-corrected chi connectivity index (χ1v) is 24.4. The van der Waals surface area contributed by atoms with Gasteiger partial charge in [-0.05, 0) is 82.9 Å². The number of hydrogen-bond acceptors (Lipinski definition) is 7. The molecule has 1 aromatic carbocycles. The molecule has 0 aliphatic rings. The quantitative estimate of drug-likeness (QED) is 0.0480. The molecule has 1 aromatic rings. The number of benzene rings is 1. The second kappa shape index (κ2) is 42.2. The minimum atomic E-state index is -0.203. The van der Waals surface area contributed by atoms with Gasteiger partial charge in [0.2, 0.25) is 0 Å². The fourth-order valence-corrected chi connectivity index (χ4v) is 7.40. The zero-order valence-corrected chi connectivity index (χ0v) is 37.7. The first kappa shape index (κ1) is 53.1. The van der Waals surface area contributed by atoms with Crippen LogP contribution >= 0.6 is 0 Å². The summed E-state index contributed by atoms with van der Waals surface area (Å²) >= 11 is 0. The monoisotopic (exact) mass is 802 g/mol. The average molecular weight is 802 g/mol. The van der Waals surface area contributed by atoms with E-state index in [0.29, 0.717) is 32.8 Å². The summed E-state index contributed by atoms with van der Waals surface area (Å²) in [5.41, 5.74) is 1.20. The van der Waals surface area contributed by atoms with Crippen molar-refractivity contribution in [2.45, 2.75) is 226 Å². The number of rotatable bonds is 44. The molecule has 0 unspecified atom stereocenters. The lowest BCUT2D eigenvalue weighted by molar-refractivity contribution is -0.155. The Hall–Kier alpha value is -1.96. The molecule has 0 aliphatic heterocycles. The Kier molecular flexibility index (Phi) is 39.3. The Bertz CT molecular complexity index is 974. The van der Waals surface area contributed by atoms with Crippen LogP contribution in [0, 0.1) is 0 Å². The van der Waals surface area contributed by atoms with Gasteiger partial charge in [0.25, 0.3) is 0 Å². The molecule has 0 aliphatic carbocycles. The third-order valence-electron chi connectivity index (χ3n) is 11.1. The highest BCUT2D eigenvalue weighted by Gasteiger charge is 2.15. The normalized spacial score (nSPS) is 11.5. The average Bonchev–Trinajstić information content (AvgIpc) is 3.22. The van der Waals surface area contributed by atoms with E-state index in [1.165, 1.54) is 115 Å². The van der Waals surface area contributed by atoms with Crippen molar-refractivity contribution in [2.24, 2.45) is 0 Å². The van der Waals surface area contributed by atoms with Crippen molar-refractivity contribution >= 4 is 11.9 Å². The summed E-state index contributed by atoms with van der Waals surface area (Å²) in [6.07, 6.45) is 35.1.